The summed E-state index contributed by atoms with van der Waals surface area (Å²) in [5.74, 6) is 0. The van der Waals surface area contributed by atoms with E-state index in [1.54, 1.807) is 0 Å². The highest BCUT2D eigenvalue weighted by Crippen LogP contribution is 2.27. The van der Waals surface area contributed by atoms with Crippen LogP contribution in [0.3, 0.4) is 0 Å². The predicted molar refractivity (Wildman–Crippen MR) is 59.5 cm³/mol. The monoisotopic (exact) mass is 210 g/mol. The van der Waals surface area contributed by atoms with E-state index in [2.05, 4.69) is 18.0 Å². The Morgan fingerprint density at radius 2 is 2.36 bits per heavy atom. The normalized spacial score (nSPS) is 22.1. The molecule has 0 bridgehead atoms. The van der Waals surface area contributed by atoms with Gasteiger partial charge >= 0.3 is 0 Å². The lowest BCUT2D eigenvalue weighted by Crippen LogP contribution is -2.42. The number of rotatable bonds is 1. The molecule has 1 aromatic rings. The molecule has 0 unspecified atom stereocenters. The van der Waals surface area contributed by atoms with Gasteiger partial charge in [0, 0.05) is 24.2 Å². The van der Waals surface area contributed by atoms with Crippen LogP contribution in [0.15, 0.2) is 18.2 Å². The molecular formula is C11H15ClN2. The molecule has 76 valence electrons. The summed E-state index contributed by atoms with van der Waals surface area (Å²) in [6.45, 7) is 1.65. The van der Waals surface area contributed by atoms with Gasteiger partial charge in [-0.25, -0.2) is 0 Å². The van der Waals surface area contributed by atoms with Crippen molar-refractivity contribution in [3.63, 3.8) is 0 Å². The summed E-state index contributed by atoms with van der Waals surface area (Å²) in [5, 5.41) is 0.883. The van der Waals surface area contributed by atoms with E-state index >= 15 is 0 Å². The van der Waals surface area contributed by atoms with E-state index in [0.29, 0.717) is 12.6 Å². The van der Waals surface area contributed by atoms with Crippen molar-refractivity contribution in [3.05, 3.63) is 34.3 Å². The zero-order valence-electron chi connectivity index (χ0n) is 8.33. The first-order valence-electron chi connectivity index (χ1n) is 4.89. The first-order valence-corrected chi connectivity index (χ1v) is 5.26. The van der Waals surface area contributed by atoms with Crippen molar-refractivity contribution in [2.45, 2.75) is 19.0 Å². The lowest BCUT2D eigenvalue weighted by molar-refractivity contribution is 0.221. The largest absolute Gasteiger partial charge is 0.329 e. The third-order valence-corrected chi connectivity index (χ3v) is 3.32. The molecule has 0 amide bonds. The number of halogens is 1. The van der Waals surface area contributed by atoms with Crippen molar-refractivity contribution in [1.29, 1.82) is 0 Å². The van der Waals surface area contributed by atoms with E-state index in [-0.39, 0.29) is 0 Å². The van der Waals surface area contributed by atoms with Crippen LogP contribution in [0.1, 0.15) is 11.1 Å². The average molecular weight is 211 g/mol. The minimum atomic E-state index is 0.433. The number of likely N-dealkylation sites (N-methyl/N-ethyl adjacent to an activating group) is 1. The van der Waals surface area contributed by atoms with Crippen LogP contribution >= 0.6 is 11.6 Å². The highest BCUT2D eigenvalue weighted by atomic mass is 35.5. The lowest BCUT2D eigenvalue weighted by Gasteiger charge is -2.33. The first kappa shape index (κ1) is 9.97. The second-order valence-corrected chi connectivity index (χ2v) is 4.29. The molecule has 0 spiro atoms. The fourth-order valence-electron chi connectivity index (χ4n) is 2.03. The number of hydrogen-bond donors (Lipinski definition) is 1. The molecule has 0 fully saturated rings. The third kappa shape index (κ3) is 1.65. The summed E-state index contributed by atoms with van der Waals surface area (Å²) < 4.78 is 0. The quantitative estimate of drug-likeness (QED) is 0.764. The minimum Gasteiger partial charge on any atom is -0.329 e. The molecule has 0 saturated carbocycles. The number of benzene rings is 1. The van der Waals surface area contributed by atoms with Crippen molar-refractivity contribution in [2.75, 3.05) is 13.6 Å². The molecule has 1 aliphatic heterocycles. The van der Waals surface area contributed by atoms with Gasteiger partial charge in [-0.1, -0.05) is 23.7 Å². The molecule has 0 aromatic heterocycles. The summed E-state index contributed by atoms with van der Waals surface area (Å²) >= 11 is 6.15. The topological polar surface area (TPSA) is 29.3 Å². The van der Waals surface area contributed by atoms with Gasteiger partial charge < -0.3 is 5.73 Å². The number of nitrogens with zero attached hydrogens (tertiary/aromatic N) is 1. The standard InChI is InChI=1S/C11H15ClN2/c1-14-7-8-3-2-4-11(12)10(8)5-9(14)6-13/h2-4,9H,5-7,13H2,1H3/t9-/m1/s1. The van der Waals surface area contributed by atoms with Gasteiger partial charge in [-0.15, -0.1) is 0 Å². The Morgan fingerprint density at radius 3 is 3.07 bits per heavy atom. The van der Waals surface area contributed by atoms with E-state index in [9.17, 15) is 0 Å². The van der Waals surface area contributed by atoms with Crippen molar-refractivity contribution in [1.82, 2.24) is 4.90 Å². The molecule has 1 atom stereocenters. The molecule has 2 rings (SSSR count). The molecule has 0 aliphatic carbocycles. The molecule has 1 heterocycles. The van der Waals surface area contributed by atoms with Crippen LogP contribution in [0.4, 0.5) is 0 Å². The zero-order valence-corrected chi connectivity index (χ0v) is 9.09. The first-order chi connectivity index (χ1) is 6.72. The maximum Gasteiger partial charge on any atom is 0.0441 e. The van der Waals surface area contributed by atoms with Crippen molar-refractivity contribution in [3.8, 4) is 0 Å². The van der Waals surface area contributed by atoms with Gasteiger partial charge in [0.15, 0.2) is 0 Å². The summed E-state index contributed by atoms with van der Waals surface area (Å²) in [5.41, 5.74) is 8.33. The Kier molecular flexibility index (Phi) is 2.77. The maximum absolute atomic E-state index is 6.15. The SMILES string of the molecule is CN1Cc2cccc(Cl)c2C[C@@H]1CN. The smallest absolute Gasteiger partial charge is 0.0441 e. The molecule has 0 saturated heterocycles. The van der Waals surface area contributed by atoms with Crippen molar-refractivity contribution < 1.29 is 0 Å². The molecule has 2 N–H and O–H groups in total. The third-order valence-electron chi connectivity index (χ3n) is 2.97. The average Bonchev–Trinajstić information content (AvgIpc) is 2.17. The molecule has 2 nitrogen and oxygen atoms in total. The van der Waals surface area contributed by atoms with Gasteiger partial charge in [0.2, 0.25) is 0 Å². The Balaban J connectivity index is 2.36. The van der Waals surface area contributed by atoms with Crippen LogP contribution in [0.2, 0.25) is 5.02 Å². The highest BCUT2D eigenvalue weighted by molar-refractivity contribution is 6.31. The molecular weight excluding hydrogens is 196 g/mol. The van der Waals surface area contributed by atoms with Gasteiger partial charge in [0.25, 0.3) is 0 Å². The summed E-state index contributed by atoms with van der Waals surface area (Å²) in [6, 6.07) is 6.55. The Morgan fingerprint density at radius 1 is 1.57 bits per heavy atom. The maximum atomic E-state index is 6.15. The van der Waals surface area contributed by atoms with E-state index in [1.165, 1.54) is 11.1 Å². The molecule has 14 heavy (non-hydrogen) atoms. The summed E-state index contributed by atoms with van der Waals surface area (Å²) in [4.78, 5) is 2.29. The van der Waals surface area contributed by atoms with Gasteiger partial charge in [-0.2, -0.15) is 0 Å². The Labute approximate surface area is 89.7 Å². The Hall–Kier alpha value is -0.570. The molecule has 1 aliphatic rings. The molecule has 3 heteroatoms. The van der Waals surface area contributed by atoms with Gasteiger partial charge in [-0.05, 0) is 30.7 Å². The van der Waals surface area contributed by atoms with Crippen LogP contribution in [-0.2, 0) is 13.0 Å². The number of fused-ring (bicyclic) bond motifs is 1. The highest BCUT2D eigenvalue weighted by Gasteiger charge is 2.23. The van der Waals surface area contributed by atoms with Crippen LogP contribution < -0.4 is 5.73 Å². The second-order valence-electron chi connectivity index (χ2n) is 3.89. The van der Waals surface area contributed by atoms with E-state index in [4.69, 9.17) is 17.3 Å². The van der Waals surface area contributed by atoms with Gasteiger partial charge in [-0.3, -0.25) is 4.90 Å². The van der Waals surface area contributed by atoms with Crippen molar-refractivity contribution in [2.24, 2.45) is 5.73 Å². The predicted octanol–water partition coefficient (Wildman–Crippen LogP) is 1.66. The van der Waals surface area contributed by atoms with Crippen LogP contribution in [0, 0.1) is 0 Å². The van der Waals surface area contributed by atoms with Crippen LogP contribution in [-0.4, -0.2) is 24.5 Å². The number of hydrogen-bond acceptors (Lipinski definition) is 2. The van der Waals surface area contributed by atoms with Gasteiger partial charge in [0.05, 0.1) is 0 Å². The summed E-state index contributed by atoms with van der Waals surface area (Å²) in [7, 11) is 2.11. The lowest BCUT2D eigenvalue weighted by atomic mass is 9.94. The van der Waals surface area contributed by atoms with Crippen LogP contribution in [0.5, 0.6) is 0 Å². The number of nitrogens with two attached hydrogens (primary N) is 1. The van der Waals surface area contributed by atoms with E-state index in [1.807, 2.05) is 12.1 Å². The van der Waals surface area contributed by atoms with Gasteiger partial charge in [0.1, 0.15) is 0 Å². The van der Waals surface area contributed by atoms with E-state index in [0.717, 1.165) is 18.0 Å². The van der Waals surface area contributed by atoms with E-state index < -0.39 is 0 Å². The Bertz CT molecular complexity index is 338. The fourth-order valence-corrected chi connectivity index (χ4v) is 2.30. The zero-order chi connectivity index (χ0) is 10.1. The molecule has 1 aromatic carbocycles. The van der Waals surface area contributed by atoms with Crippen LogP contribution in [0.25, 0.3) is 0 Å². The molecule has 0 radical (unpaired) electrons. The summed E-state index contributed by atoms with van der Waals surface area (Å²) in [6.07, 6.45) is 0.974. The minimum absolute atomic E-state index is 0.433. The second kappa shape index (κ2) is 3.89. The van der Waals surface area contributed by atoms with Crippen molar-refractivity contribution >= 4 is 11.6 Å². The fraction of sp³-hybridized carbons (Fsp3) is 0.455.